The van der Waals surface area contributed by atoms with Gasteiger partial charge < -0.3 is 9.80 Å². The first-order chi connectivity index (χ1) is 14.7. The van der Waals surface area contributed by atoms with E-state index >= 15 is 0 Å². The van der Waals surface area contributed by atoms with Crippen LogP contribution in [0, 0.1) is 12.8 Å². The summed E-state index contributed by atoms with van der Waals surface area (Å²) >= 11 is 0. The number of aromatic nitrogens is 2. The van der Waals surface area contributed by atoms with Crippen LogP contribution in [0.1, 0.15) is 29.5 Å². The van der Waals surface area contributed by atoms with Gasteiger partial charge in [-0.2, -0.15) is 5.10 Å². The van der Waals surface area contributed by atoms with Crippen LogP contribution in [0.25, 0.3) is 11.3 Å². The van der Waals surface area contributed by atoms with Crippen molar-refractivity contribution in [1.82, 2.24) is 20.0 Å². The molecular formula is C26H34N4. The first-order valence-corrected chi connectivity index (χ1v) is 11.2. The lowest BCUT2D eigenvalue weighted by Crippen LogP contribution is -2.40. The molecule has 0 amide bonds. The molecule has 2 heterocycles. The van der Waals surface area contributed by atoms with Crippen molar-refractivity contribution in [2.24, 2.45) is 5.92 Å². The number of nitrogens with one attached hydrogen (secondary N) is 1. The van der Waals surface area contributed by atoms with Crippen LogP contribution in [-0.4, -0.2) is 53.2 Å². The maximum absolute atomic E-state index is 4.31. The van der Waals surface area contributed by atoms with Crippen molar-refractivity contribution < 1.29 is 0 Å². The Hall–Kier alpha value is -2.43. The molecular weight excluding hydrogens is 368 g/mol. The average Bonchev–Trinajstić information content (AvgIpc) is 3.22. The van der Waals surface area contributed by atoms with Crippen LogP contribution in [0.5, 0.6) is 0 Å². The summed E-state index contributed by atoms with van der Waals surface area (Å²) in [6.45, 7) is 7.92. The van der Waals surface area contributed by atoms with Gasteiger partial charge in [-0.25, -0.2) is 0 Å². The molecule has 4 nitrogen and oxygen atoms in total. The minimum absolute atomic E-state index is 0.743. The second-order valence-corrected chi connectivity index (χ2v) is 8.82. The minimum Gasteiger partial charge on any atom is -0.303 e. The van der Waals surface area contributed by atoms with Crippen molar-refractivity contribution in [2.75, 3.05) is 33.2 Å². The Morgan fingerprint density at radius 2 is 1.87 bits per heavy atom. The number of piperidine rings is 1. The molecule has 4 rings (SSSR count). The zero-order valence-corrected chi connectivity index (χ0v) is 18.3. The number of aromatic amines is 1. The molecule has 0 saturated carbocycles. The highest BCUT2D eigenvalue weighted by Gasteiger charge is 2.21. The van der Waals surface area contributed by atoms with Crippen LogP contribution in [0.15, 0.2) is 60.8 Å². The summed E-state index contributed by atoms with van der Waals surface area (Å²) in [5, 5.41) is 7.50. The maximum atomic E-state index is 4.31. The number of hydrogen-bond acceptors (Lipinski definition) is 3. The molecule has 0 spiro atoms. The Kier molecular flexibility index (Phi) is 6.98. The van der Waals surface area contributed by atoms with Crippen molar-refractivity contribution in [3.05, 3.63) is 77.5 Å². The largest absolute Gasteiger partial charge is 0.303 e. The number of nitrogens with zero attached hydrogens (tertiary/aromatic N) is 3. The highest BCUT2D eigenvalue weighted by molar-refractivity contribution is 5.62. The normalized spacial score (nSPS) is 17.5. The zero-order chi connectivity index (χ0) is 20.8. The number of aryl methyl sites for hydroxylation is 1. The van der Waals surface area contributed by atoms with E-state index in [1.54, 1.807) is 0 Å². The van der Waals surface area contributed by atoms with Gasteiger partial charge in [-0.05, 0) is 62.4 Å². The summed E-state index contributed by atoms with van der Waals surface area (Å²) in [6, 6.07) is 19.3. The van der Waals surface area contributed by atoms with Gasteiger partial charge in [0.25, 0.3) is 0 Å². The van der Waals surface area contributed by atoms with Crippen LogP contribution in [0.3, 0.4) is 0 Å². The van der Waals surface area contributed by atoms with Crippen molar-refractivity contribution >= 4 is 0 Å². The second kappa shape index (κ2) is 10.1. The predicted octanol–water partition coefficient (Wildman–Crippen LogP) is 4.77. The van der Waals surface area contributed by atoms with Crippen molar-refractivity contribution in [2.45, 2.75) is 32.7 Å². The second-order valence-electron chi connectivity index (χ2n) is 8.82. The summed E-state index contributed by atoms with van der Waals surface area (Å²) in [5.74, 6) is 0.743. The monoisotopic (exact) mass is 402 g/mol. The molecule has 1 unspecified atom stereocenters. The Morgan fingerprint density at radius 1 is 1.07 bits per heavy atom. The maximum Gasteiger partial charge on any atom is 0.0695 e. The Morgan fingerprint density at radius 3 is 2.70 bits per heavy atom. The van der Waals surface area contributed by atoms with Crippen LogP contribution in [0.4, 0.5) is 0 Å². The molecule has 1 aromatic heterocycles. The number of rotatable bonds is 8. The van der Waals surface area contributed by atoms with E-state index in [9.17, 15) is 0 Å². The molecule has 1 aliphatic heterocycles. The summed E-state index contributed by atoms with van der Waals surface area (Å²) in [5.41, 5.74) is 6.53. The quantitative estimate of drug-likeness (QED) is 0.589. The molecule has 30 heavy (non-hydrogen) atoms. The lowest BCUT2D eigenvalue weighted by atomic mass is 9.96. The van der Waals surface area contributed by atoms with Gasteiger partial charge in [-0.15, -0.1) is 0 Å². The fourth-order valence-corrected chi connectivity index (χ4v) is 4.75. The molecule has 1 N–H and O–H groups in total. The minimum atomic E-state index is 0.743. The Bertz CT molecular complexity index is 918. The van der Waals surface area contributed by atoms with Gasteiger partial charge in [0.05, 0.1) is 11.9 Å². The molecule has 1 saturated heterocycles. The highest BCUT2D eigenvalue weighted by atomic mass is 15.2. The topological polar surface area (TPSA) is 35.2 Å². The van der Waals surface area contributed by atoms with Gasteiger partial charge in [0.2, 0.25) is 0 Å². The van der Waals surface area contributed by atoms with E-state index in [2.05, 4.69) is 88.6 Å². The smallest absolute Gasteiger partial charge is 0.0695 e. The fourth-order valence-electron chi connectivity index (χ4n) is 4.75. The van der Waals surface area contributed by atoms with E-state index in [-0.39, 0.29) is 0 Å². The third kappa shape index (κ3) is 5.38. The third-order valence-corrected chi connectivity index (χ3v) is 6.35. The predicted molar refractivity (Wildman–Crippen MR) is 124 cm³/mol. The molecule has 0 radical (unpaired) electrons. The molecule has 1 aliphatic rings. The Balaban J connectivity index is 1.29. The molecule has 0 bridgehead atoms. The molecule has 1 atom stereocenters. The number of likely N-dealkylation sites (tertiary alicyclic amines) is 1. The van der Waals surface area contributed by atoms with Gasteiger partial charge in [0, 0.05) is 31.7 Å². The van der Waals surface area contributed by atoms with E-state index in [1.165, 1.54) is 54.7 Å². The Labute approximate surface area is 180 Å². The summed E-state index contributed by atoms with van der Waals surface area (Å²) in [4.78, 5) is 5.13. The van der Waals surface area contributed by atoms with Gasteiger partial charge in [-0.3, -0.25) is 5.10 Å². The lowest BCUT2D eigenvalue weighted by Gasteiger charge is -2.35. The lowest BCUT2D eigenvalue weighted by molar-refractivity contribution is 0.142. The van der Waals surface area contributed by atoms with E-state index in [1.807, 2.05) is 6.20 Å². The van der Waals surface area contributed by atoms with Crippen LogP contribution < -0.4 is 0 Å². The first kappa shape index (κ1) is 20.8. The van der Waals surface area contributed by atoms with Crippen molar-refractivity contribution in [1.29, 1.82) is 0 Å². The van der Waals surface area contributed by atoms with Crippen LogP contribution in [0.2, 0.25) is 0 Å². The first-order valence-electron chi connectivity index (χ1n) is 11.2. The van der Waals surface area contributed by atoms with Crippen LogP contribution >= 0.6 is 0 Å². The van der Waals surface area contributed by atoms with Crippen molar-refractivity contribution in [3.63, 3.8) is 0 Å². The molecule has 0 aliphatic carbocycles. The highest BCUT2D eigenvalue weighted by Crippen LogP contribution is 2.23. The number of hydrogen-bond donors (Lipinski definition) is 1. The number of H-pyrrole nitrogens is 1. The van der Waals surface area contributed by atoms with E-state index in [4.69, 9.17) is 0 Å². The van der Waals surface area contributed by atoms with Gasteiger partial charge in [-0.1, -0.05) is 54.6 Å². The van der Waals surface area contributed by atoms with Crippen LogP contribution in [-0.2, 0) is 13.0 Å². The third-order valence-electron chi connectivity index (χ3n) is 6.35. The van der Waals surface area contributed by atoms with E-state index < -0.39 is 0 Å². The van der Waals surface area contributed by atoms with Gasteiger partial charge in [0.15, 0.2) is 0 Å². The molecule has 2 aromatic carbocycles. The molecule has 4 heteroatoms. The average molecular weight is 403 g/mol. The van der Waals surface area contributed by atoms with Crippen molar-refractivity contribution in [3.8, 4) is 11.3 Å². The van der Waals surface area contributed by atoms with E-state index in [0.29, 0.717) is 0 Å². The van der Waals surface area contributed by atoms with E-state index in [0.717, 1.165) is 31.1 Å². The fraction of sp³-hybridized carbons (Fsp3) is 0.423. The summed E-state index contributed by atoms with van der Waals surface area (Å²) < 4.78 is 0. The summed E-state index contributed by atoms with van der Waals surface area (Å²) in [7, 11) is 2.24. The van der Waals surface area contributed by atoms with Gasteiger partial charge >= 0.3 is 0 Å². The molecule has 158 valence electrons. The standard InChI is InChI=1S/C26H34N4/c1-21-9-6-7-11-23(21)14-16-30-15-8-10-22(19-30)18-29(2)20-25-17-27-28-26(25)24-12-4-3-5-13-24/h3-7,9,11-13,17,22H,8,10,14-16,18-20H2,1-2H3,(H,27,28). The SMILES string of the molecule is Cc1ccccc1CCN1CCCC(CN(C)Cc2cn[nH]c2-c2ccccc2)C1. The molecule has 3 aromatic rings. The summed E-state index contributed by atoms with van der Waals surface area (Å²) in [6.07, 6.45) is 5.79. The zero-order valence-electron chi connectivity index (χ0n) is 18.3. The van der Waals surface area contributed by atoms with Gasteiger partial charge in [0.1, 0.15) is 0 Å². The number of benzene rings is 2. The molecule has 1 fully saturated rings.